The van der Waals surface area contributed by atoms with Crippen LogP contribution in [0.25, 0.3) is 0 Å². The standard InChI is InChI=1S/C17H17BrCl2N2/c18-14-4-1-12(2-5-14)17(22-9-7-21-8-10-22)13-3-6-15(19)16(20)11-13/h1-6,11,17,21H,7-10H2. The molecule has 5 heteroatoms. The minimum Gasteiger partial charge on any atom is -0.314 e. The molecule has 0 aliphatic carbocycles. The number of nitrogens with zero attached hydrogens (tertiary/aromatic N) is 1. The zero-order valence-electron chi connectivity index (χ0n) is 12.0. The Kier molecular flexibility index (Phi) is 5.42. The Balaban J connectivity index is 2.01. The molecule has 2 aromatic carbocycles. The van der Waals surface area contributed by atoms with Crippen LogP contribution in [0, 0.1) is 0 Å². The zero-order chi connectivity index (χ0) is 15.5. The molecule has 0 radical (unpaired) electrons. The van der Waals surface area contributed by atoms with Crippen molar-refractivity contribution in [3.8, 4) is 0 Å². The fraction of sp³-hybridized carbons (Fsp3) is 0.294. The summed E-state index contributed by atoms with van der Waals surface area (Å²) in [4.78, 5) is 2.49. The number of nitrogens with one attached hydrogen (secondary N) is 1. The summed E-state index contributed by atoms with van der Waals surface area (Å²) in [5, 5.41) is 4.61. The van der Waals surface area contributed by atoms with Crippen molar-refractivity contribution in [2.75, 3.05) is 26.2 Å². The second-order valence-corrected chi connectivity index (χ2v) is 7.14. The van der Waals surface area contributed by atoms with E-state index in [9.17, 15) is 0 Å². The summed E-state index contributed by atoms with van der Waals surface area (Å²) in [7, 11) is 0. The van der Waals surface area contributed by atoms with E-state index in [1.54, 1.807) is 0 Å². The summed E-state index contributed by atoms with van der Waals surface area (Å²) in [5.74, 6) is 0. The molecule has 0 aromatic heterocycles. The average molecular weight is 400 g/mol. The largest absolute Gasteiger partial charge is 0.314 e. The van der Waals surface area contributed by atoms with E-state index in [0.29, 0.717) is 10.0 Å². The van der Waals surface area contributed by atoms with Gasteiger partial charge in [-0.15, -0.1) is 0 Å². The van der Waals surface area contributed by atoms with Crippen LogP contribution in [0.3, 0.4) is 0 Å². The van der Waals surface area contributed by atoms with E-state index in [-0.39, 0.29) is 6.04 Å². The van der Waals surface area contributed by atoms with Gasteiger partial charge in [-0.2, -0.15) is 0 Å². The number of rotatable bonds is 3. The van der Waals surface area contributed by atoms with Gasteiger partial charge < -0.3 is 5.32 Å². The smallest absolute Gasteiger partial charge is 0.0603 e. The molecule has 116 valence electrons. The van der Waals surface area contributed by atoms with Crippen molar-refractivity contribution in [2.24, 2.45) is 0 Å². The van der Waals surface area contributed by atoms with Crippen molar-refractivity contribution in [1.82, 2.24) is 10.2 Å². The minimum atomic E-state index is 0.199. The Morgan fingerprint density at radius 1 is 0.909 bits per heavy atom. The predicted octanol–water partition coefficient (Wildman–Crippen LogP) is 4.75. The summed E-state index contributed by atoms with van der Waals surface area (Å²) < 4.78 is 1.09. The predicted molar refractivity (Wildman–Crippen MR) is 96.9 cm³/mol. The molecule has 22 heavy (non-hydrogen) atoms. The van der Waals surface area contributed by atoms with E-state index in [2.05, 4.69) is 56.5 Å². The molecule has 1 N–H and O–H groups in total. The molecule has 1 heterocycles. The first-order valence-corrected chi connectivity index (χ1v) is 8.85. The number of benzene rings is 2. The quantitative estimate of drug-likeness (QED) is 0.800. The van der Waals surface area contributed by atoms with Crippen molar-refractivity contribution in [1.29, 1.82) is 0 Å². The van der Waals surface area contributed by atoms with Crippen molar-refractivity contribution >= 4 is 39.1 Å². The summed E-state index contributed by atoms with van der Waals surface area (Å²) >= 11 is 15.8. The molecule has 1 atom stereocenters. The van der Waals surface area contributed by atoms with Crippen LogP contribution in [0.2, 0.25) is 10.0 Å². The molecule has 3 rings (SSSR count). The lowest BCUT2D eigenvalue weighted by molar-refractivity contribution is 0.198. The van der Waals surface area contributed by atoms with E-state index in [4.69, 9.17) is 23.2 Å². The fourth-order valence-electron chi connectivity index (χ4n) is 2.88. The van der Waals surface area contributed by atoms with Gasteiger partial charge in [-0.25, -0.2) is 0 Å². The van der Waals surface area contributed by atoms with Crippen LogP contribution >= 0.6 is 39.1 Å². The summed E-state index contributed by atoms with van der Waals surface area (Å²) in [6, 6.07) is 14.6. The molecule has 0 saturated carbocycles. The Labute approximate surface area is 149 Å². The molecule has 0 bridgehead atoms. The van der Waals surface area contributed by atoms with E-state index < -0.39 is 0 Å². The maximum Gasteiger partial charge on any atom is 0.0603 e. The highest BCUT2D eigenvalue weighted by molar-refractivity contribution is 9.10. The lowest BCUT2D eigenvalue weighted by Gasteiger charge is -2.35. The molecule has 1 fully saturated rings. The van der Waals surface area contributed by atoms with Gasteiger partial charge in [-0.3, -0.25) is 4.90 Å². The second kappa shape index (κ2) is 7.33. The Bertz CT molecular complexity index is 640. The lowest BCUT2D eigenvalue weighted by Crippen LogP contribution is -2.45. The fourth-order valence-corrected chi connectivity index (χ4v) is 3.45. The van der Waals surface area contributed by atoms with Crippen molar-refractivity contribution in [3.05, 3.63) is 68.1 Å². The van der Waals surface area contributed by atoms with Crippen LogP contribution in [0.5, 0.6) is 0 Å². The van der Waals surface area contributed by atoms with Gasteiger partial charge >= 0.3 is 0 Å². The Morgan fingerprint density at radius 2 is 1.55 bits per heavy atom. The van der Waals surface area contributed by atoms with Gasteiger partial charge in [0.25, 0.3) is 0 Å². The third kappa shape index (κ3) is 3.66. The van der Waals surface area contributed by atoms with E-state index in [1.165, 1.54) is 11.1 Å². The summed E-state index contributed by atoms with van der Waals surface area (Å²) in [5.41, 5.74) is 2.45. The van der Waals surface area contributed by atoms with Crippen molar-refractivity contribution in [3.63, 3.8) is 0 Å². The molecular weight excluding hydrogens is 383 g/mol. The van der Waals surface area contributed by atoms with Gasteiger partial charge in [-0.05, 0) is 35.4 Å². The highest BCUT2D eigenvalue weighted by atomic mass is 79.9. The maximum atomic E-state index is 6.24. The summed E-state index contributed by atoms with van der Waals surface area (Å²) in [6.45, 7) is 4.05. The van der Waals surface area contributed by atoms with Crippen LogP contribution in [-0.4, -0.2) is 31.1 Å². The highest BCUT2D eigenvalue weighted by Gasteiger charge is 2.24. The van der Waals surface area contributed by atoms with Crippen LogP contribution in [0.1, 0.15) is 17.2 Å². The molecule has 0 amide bonds. The molecule has 2 aromatic rings. The van der Waals surface area contributed by atoms with Gasteiger partial charge in [0.1, 0.15) is 0 Å². The third-order valence-corrected chi connectivity index (χ3v) is 5.23. The van der Waals surface area contributed by atoms with Gasteiger partial charge in [0.15, 0.2) is 0 Å². The van der Waals surface area contributed by atoms with Crippen LogP contribution in [0.4, 0.5) is 0 Å². The van der Waals surface area contributed by atoms with E-state index in [1.807, 2.05) is 12.1 Å². The molecule has 2 nitrogen and oxygen atoms in total. The van der Waals surface area contributed by atoms with E-state index in [0.717, 1.165) is 30.7 Å². The molecule has 1 aliphatic heterocycles. The average Bonchev–Trinajstić information content (AvgIpc) is 2.54. The Morgan fingerprint density at radius 3 is 2.18 bits per heavy atom. The molecule has 1 saturated heterocycles. The summed E-state index contributed by atoms with van der Waals surface area (Å²) in [6.07, 6.45) is 0. The Hall–Kier alpha value is -0.580. The van der Waals surface area contributed by atoms with Gasteiger partial charge in [0.05, 0.1) is 16.1 Å². The van der Waals surface area contributed by atoms with Gasteiger partial charge in [0, 0.05) is 30.7 Å². The number of hydrogen-bond donors (Lipinski definition) is 1. The molecule has 1 unspecified atom stereocenters. The first-order valence-electron chi connectivity index (χ1n) is 7.30. The van der Waals surface area contributed by atoms with Crippen LogP contribution < -0.4 is 5.32 Å². The number of piperazine rings is 1. The van der Waals surface area contributed by atoms with Gasteiger partial charge in [0.2, 0.25) is 0 Å². The van der Waals surface area contributed by atoms with Gasteiger partial charge in [-0.1, -0.05) is 57.3 Å². The first kappa shape index (κ1) is 16.3. The molecule has 0 spiro atoms. The zero-order valence-corrected chi connectivity index (χ0v) is 15.1. The lowest BCUT2D eigenvalue weighted by atomic mass is 9.96. The molecular formula is C17H17BrCl2N2. The first-order chi connectivity index (χ1) is 10.6. The normalized spacial score (nSPS) is 17.4. The highest BCUT2D eigenvalue weighted by Crippen LogP contribution is 2.33. The maximum absolute atomic E-state index is 6.24. The van der Waals surface area contributed by atoms with E-state index >= 15 is 0 Å². The third-order valence-electron chi connectivity index (χ3n) is 3.96. The van der Waals surface area contributed by atoms with Crippen LogP contribution in [0.15, 0.2) is 46.9 Å². The SMILES string of the molecule is Clc1ccc(C(c2ccc(Br)cc2)N2CCNCC2)cc1Cl. The second-order valence-electron chi connectivity index (χ2n) is 5.41. The van der Waals surface area contributed by atoms with Crippen LogP contribution in [-0.2, 0) is 0 Å². The number of hydrogen-bond acceptors (Lipinski definition) is 2. The van der Waals surface area contributed by atoms with Crippen molar-refractivity contribution < 1.29 is 0 Å². The molecule has 1 aliphatic rings. The minimum absolute atomic E-state index is 0.199. The monoisotopic (exact) mass is 398 g/mol. The van der Waals surface area contributed by atoms with Crippen molar-refractivity contribution in [2.45, 2.75) is 6.04 Å². The number of halogens is 3. The topological polar surface area (TPSA) is 15.3 Å².